The van der Waals surface area contributed by atoms with Gasteiger partial charge in [0, 0.05) is 12.4 Å². The quantitative estimate of drug-likeness (QED) is 0.727. The van der Waals surface area contributed by atoms with E-state index in [9.17, 15) is 4.79 Å². The van der Waals surface area contributed by atoms with Crippen LogP contribution in [0.3, 0.4) is 0 Å². The number of nitrogens with zero attached hydrogens (tertiary/aromatic N) is 3. The number of carbonyl (C=O) groups is 1. The van der Waals surface area contributed by atoms with Gasteiger partial charge in [0.05, 0.1) is 5.57 Å². The fraction of sp³-hybridized carbons (Fsp3) is 0.0909. The number of pyridine rings is 1. The lowest BCUT2D eigenvalue weighted by molar-refractivity contribution is -0.111. The Labute approximate surface area is 91.8 Å². The minimum Gasteiger partial charge on any atom is -0.423 e. The molecule has 0 aliphatic carbocycles. The lowest BCUT2D eigenvalue weighted by Crippen LogP contribution is -1.96. The molecule has 0 aliphatic heterocycles. The van der Waals surface area contributed by atoms with Gasteiger partial charge in [0.15, 0.2) is 5.78 Å². The molecule has 0 spiro atoms. The van der Waals surface area contributed by atoms with Gasteiger partial charge in [-0.25, -0.2) is 0 Å². The highest BCUT2D eigenvalue weighted by Gasteiger charge is 2.12. The van der Waals surface area contributed by atoms with Gasteiger partial charge in [-0.05, 0) is 24.6 Å². The van der Waals surface area contributed by atoms with E-state index in [2.05, 4.69) is 15.2 Å². The lowest BCUT2D eigenvalue weighted by Gasteiger charge is -1.97. The Balaban J connectivity index is 2.42. The molecule has 0 aliphatic rings. The van der Waals surface area contributed by atoms with Crippen molar-refractivity contribution in [2.45, 2.75) is 6.92 Å². The van der Waals surface area contributed by atoms with Gasteiger partial charge >= 0.3 is 0 Å². The summed E-state index contributed by atoms with van der Waals surface area (Å²) in [6.45, 7) is 1.45. The fourth-order valence-electron chi connectivity index (χ4n) is 1.23. The van der Waals surface area contributed by atoms with Gasteiger partial charge < -0.3 is 4.42 Å². The van der Waals surface area contributed by atoms with Crippen LogP contribution < -0.4 is 0 Å². The maximum Gasteiger partial charge on any atom is 0.251 e. The first-order valence-electron chi connectivity index (χ1n) is 4.66. The summed E-state index contributed by atoms with van der Waals surface area (Å²) in [6.07, 6.45) is 6.18. The first-order valence-corrected chi connectivity index (χ1v) is 4.66. The van der Waals surface area contributed by atoms with E-state index in [0.29, 0.717) is 5.57 Å². The van der Waals surface area contributed by atoms with E-state index in [1.807, 2.05) is 6.07 Å². The third-order valence-electron chi connectivity index (χ3n) is 1.97. The molecule has 5 nitrogen and oxygen atoms in total. The topological polar surface area (TPSA) is 68.9 Å². The zero-order chi connectivity index (χ0) is 11.4. The van der Waals surface area contributed by atoms with Crippen molar-refractivity contribution in [2.24, 2.45) is 0 Å². The Hall–Kier alpha value is -2.30. The predicted octanol–water partition coefficient (Wildman–Crippen LogP) is 1.59. The fourth-order valence-corrected chi connectivity index (χ4v) is 1.23. The molecule has 80 valence electrons. The molecule has 0 radical (unpaired) electrons. The first-order chi connectivity index (χ1) is 7.77. The molecular formula is C11H9N3O2. The molecule has 0 unspecified atom stereocenters. The number of hydrogen-bond donors (Lipinski definition) is 0. The summed E-state index contributed by atoms with van der Waals surface area (Å²) in [5.41, 5.74) is 1.19. The highest BCUT2D eigenvalue weighted by molar-refractivity contribution is 6.22. The smallest absolute Gasteiger partial charge is 0.251 e. The molecular weight excluding hydrogens is 206 g/mol. The van der Waals surface area contributed by atoms with E-state index in [4.69, 9.17) is 4.42 Å². The standard InChI is InChI=1S/C11H9N3O2/c1-8(15)10(11-14-13-7-16-11)5-9-3-2-4-12-6-9/h2-7H,1H3/b10-5-. The molecule has 2 aromatic heterocycles. The molecule has 0 saturated heterocycles. The highest BCUT2D eigenvalue weighted by atomic mass is 16.4. The minimum absolute atomic E-state index is 0.131. The van der Waals surface area contributed by atoms with Crippen molar-refractivity contribution in [2.75, 3.05) is 0 Å². The Bertz CT molecular complexity index is 503. The van der Waals surface area contributed by atoms with E-state index < -0.39 is 0 Å². The summed E-state index contributed by atoms with van der Waals surface area (Å²) < 4.78 is 5.00. The van der Waals surface area contributed by atoms with Crippen molar-refractivity contribution >= 4 is 17.4 Å². The SMILES string of the molecule is CC(=O)/C(=C/c1cccnc1)c1nnco1. The van der Waals surface area contributed by atoms with Crippen LogP contribution in [0.4, 0.5) is 0 Å². The third-order valence-corrected chi connectivity index (χ3v) is 1.97. The lowest BCUT2D eigenvalue weighted by atomic mass is 10.1. The van der Waals surface area contributed by atoms with Gasteiger partial charge in [-0.15, -0.1) is 10.2 Å². The zero-order valence-electron chi connectivity index (χ0n) is 8.62. The van der Waals surface area contributed by atoms with Crippen LogP contribution in [0.2, 0.25) is 0 Å². The number of ketones is 1. The van der Waals surface area contributed by atoms with Gasteiger partial charge in [0.1, 0.15) is 0 Å². The minimum atomic E-state index is -0.131. The Kier molecular flexibility index (Phi) is 2.86. The Morgan fingerprint density at radius 1 is 1.50 bits per heavy atom. The predicted molar refractivity (Wildman–Crippen MR) is 57.1 cm³/mol. The highest BCUT2D eigenvalue weighted by Crippen LogP contribution is 2.16. The van der Waals surface area contributed by atoms with Crippen LogP contribution in [0, 0.1) is 0 Å². The second-order valence-electron chi connectivity index (χ2n) is 3.14. The van der Waals surface area contributed by atoms with Crippen molar-refractivity contribution in [3.05, 3.63) is 42.4 Å². The third kappa shape index (κ3) is 2.20. The van der Waals surface area contributed by atoms with E-state index in [1.165, 1.54) is 13.3 Å². The molecule has 0 bridgehead atoms. The van der Waals surface area contributed by atoms with Gasteiger partial charge in [-0.3, -0.25) is 9.78 Å². The molecule has 2 aromatic rings. The van der Waals surface area contributed by atoms with E-state index >= 15 is 0 Å². The van der Waals surface area contributed by atoms with Gasteiger partial charge in [-0.1, -0.05) is 6.07 Å². The summed E-state index contributed by atoms with van der Waals surface area (Å²) in [4.78, 5) is 15.4. The molecule has 5 heteroatoms. The van der Waals surface area contributed by atoms with E-state index in [-0.39, 0.29) is 11.7 Å². The second kappa shape index (κ2) is 4.48. The summed E-state index contributed by atoms with van der Waals surface area (Å²) in [5.74, 6) is 0.0875. The van der Waals surface area contributed by atoms with Crippen LogP contribution in [0.15, 0.2) is 35.3 Å². The normalized spacial score (nSPS) is 11.4. The van der Waals surface area contributed by atoms with E-state index in [0.717, 1.165) is 5.56 Å². The van der Waals surface area contributed by atoms with Crippen molar-refractivity contribution in [3.8, 4) is 0 Å². The van der Waals surface area contributed by atoms with Crippen LogP contribution in [0.1, 0.15) is 18.4 Å². The molecule has 16 heavy (non-hydrogen) atoms. The average molecular weight is 215 g/mol. The Morgan fingerprint density at radius 3 is 2.94 bits per heavy atom. The Morgan fingerprint density at radius 2 is 2.38 bits per heavy atom. The number of hydrogen-bond acceptors (Lipinski definition) is 5. The van der Waals surface area contributed by atoms with Gasteiger partial charge in [0.2, 0.25) is 6.39 Å². The number of carbonyl (C=O) groups excluding carboxylic acids is 1. The van der Waals surface area contributed by atoms with Crippen LogP contribution in [-0.4, -0.2) is 21.0 Å². The number of Topliss-reactive ketones (excluding diaryl/α,β-unsaturated/α-hetero) is 1. The molecule has 0 aromatic carbocycles. The van der Waals surface area contributed by atoms with Crippen LogP contribution >= 0.6 is 0 Å². The summed E-state index contributed by atoms with van der Waals surface area (Å²) in [6, 6.07) is 3.63. The molecule has 0 atom stereocenters. The van der Waals surface area contributed by atoms with Gasteiger partial charge in [-0.2, -0.15) is 0 Å². The molecule has 2 heterocycles. The van der Waals surface area contributed by atoms with Crippen LogP contribution in [0.25, 0.3) is 11.6 Å². The first kappa shape index (κ1) is 10.2. The van der Waals surface area contributed by atoms with Crippen molar-refractivity contribution in [1.29, 1.82) is 0 Å². The number of rotatable bonds is 3. The summed E-state index contributed by atoms with van der Waals surface area (Å²) in [7, 11) is 0. The van der Waals surface area contributed by atoms with Crippen molar-refractivity contribution < 1.29 is 9.21 Å². The van der Waals surface area contributed by atoms with Crippen LogP contribution in [-0.2, 0) is 4.79 Å². The number of aromatic nitrogens is 3. The number of allylic oxidation sites excluding steroid dienone is 1. The second-order valence-corrected chi connectivity index (χ2v) is 3.14. The molecule has 0 N–H and O–H groups in total. The molecule has 0 saturated carbocycles. The largest absolute Gasteiger partial charge is 0.423 e. The van der Waals surface area contributed by atoms with Crippen molar-refractivity contribution in [3.63, 3.8) is 0 Å². The maximum atomic E-state index is 11.4. The average Bonchev–Trinajstić information content (AvgIpc) is 2.80. The van der Waals surface area contributed by atoms with Gasteiger partial charge in [0.25, 0.3) is 5.89 Å². The molecule has 2 rings (SSSR count). The summed E-state index contributed by atoms with van der Waals surface area (Å²) >= 11 is 0. The zero-order valence-corrected chi connectivity index (χ0v) is 8.62. The van der Waals surface area contributed by atoms with E-state index in [1.54, 1.807) is 24.5 Å². The van der Waals surface area contributed by atoms with Crippen molar-refractivity contribution in [1.82, 2.24) is 15.2 Å². The monoisotopic (exact) mass is 215 g/mol. The maximum absolute atomic E-state index is 11.4. The molecule has 0 fully saturated rings. The van der Waals surface area contributed by atoms with Crippen LogP contribution in [0.5, 0.6) is 0 Å². The summed E-state index contributed by atoms with van der Waals surface area (Å²) in [5, 5.41) is 7.25. The molecule has 0 amide bonds.